The van der Waals surface area contributed by atoms with Gasteiger partial charge in [0.25, 0.3) is 5.91 Å². The quantitative estimate of drug-likeness (QED) is 0.236. The minimum absolute atomic E-state index is 0.0716. The highest BCUT2D eigenvalue weighted by Gasteiger charge is 2.22. The van der Waals surface area contributed by atoms with E-state index in [4.69, 9.17) is 9.94 Å². The number of nitrogens with zero attached hydrogens (tertiary/aromatic N) is 1. The standard InChI is InChI=1S/C18H21FIN3O5/c1-10(25)16-8-13(18(27)22-28-9-12(26)5-6-24)17(23(16)2)21-15-4-3-11(20)7-14(15)19/h3-4,7-8,12,21,24,26H,5-6,9H2,1-2H3,(H,22,27)/t12-/m1/s1. The van der Waals surface area contributed by atoms with Crippen molar-refractivity contribution in [1.29, 1.82) is 0 Å². The van der Waals surface area contributed by atoms with Crippen LogP contribution in [-0.4, -0.2) is 45.8 Å². The number of aliphatic hydroxyl groups excluding tert-OH is 2. The third-order valence-electron chi connectivity index (χ3n) is 3.93. The van der Waals surface area contributed by atoms with Gasteiger partial charge in [-0.15, -0.1) is 0 Å². The van der Waals surface area contributed by atoms with Crippen molar-refractivity contribution >= 4 is 45.8 Å². The molecule has 1 atom stereocenters. The van der Waals surface area contributed by atoms with Crippen molar-refractivity contribution in [2.75, 3.05) is 18.5 Å². The van der Waals surface area contributed by atoms with Gasteiger partial charge in [-0.3, -0.25) is 14.4 Å². The van der Waals surface area contributed by atoms with Crippen molar-refractivity contribution in [3.05, 3.63) is 44.9 Å². The monoisotopic (exact) mass is 505 g/mol. The molecule has 0 saturated carbocycles. The lowest BCUT2D eigenvalue weighted by Crippen LogP contribution is -2.29. The molecule has 0 fully saturated rings. The van der Waals surface area contributed by atoms with Crippen molar-refractivity contribution in [3.63, 3.8) is 0 Å². The number of anilines is 2. The Morgan fingerprint density at radius 2 is 2.07 bits per heavy atom. The third kappa shape index (κ3) is 5.50. The average Bonchev–Trinajstić information content (AvgIpc) is 2.94. The second kappa shape index (κ2) is 9.96. The number of ketones is 1. The molecule has 4 N–H and O–H groups in total. The first-order valence-electron chi connectivity index (χ1n) is 8.38. The molecule has 2 rings (SSSR count). The summed E-state index contributed by atoms with van der Waals surface area (Å²) in [4.78, 5) is 29.3. The number of carbonyl (C=O) groups is 2. The molecular formula is C18H21FIN3O5. The smallest absolute Gasteiger partial charge is 0.278 e. The lowest BCUT2D eigenvalue weighted by molar-refractivity contribution is -0.0188. The van der Waals surface area contributed by atoms with Crippen molar-refractivity contribution in [3.8, 4) is 0 Å². The first kappa shape index (κ1) is 22.3. The van der Waals surface area contributed by atoms with Gasteiger partial charge >= 0.3 is 0 Å². The van der Waals surface area contributed by atoms with Gasteiger partial charge < -0.3 is 20.1 Å². The number of Topliss-reactive ketones (excluding diaryl/α,β-unsaturated/α-hetero) is 1. The second-order valence-corrected chi connectivity index (χ2v) is 7.31. The maximum Gasteiger partial charge on any atom is 0.278 e. The van der Waals surface area contributed by atoms with Crippen molar-refractivity contribution in [2.45, 2.75) is 19.4 Å². The van der Waals surface area contributed by atoms with Crippen LogP contribution >= 0.6 is 22.6 Å². The molecule has 28 heavy (non-hydrogen) atoms. The zero-order chi connectivity index (χ0) is 20.8. The summed E-state index contributed by atoms with van der Waals surface area (Å²) in [7, 11) is 1.58. The van der Waals surface area contributed by atoms with E-state index in [1.165, 1.54) is 29.7 Å². The largest absolute Gasteiger partial charge is 0.396 e. The van der Waals surface area contributed by atoms with Crippen LogP contribution in [0.15, 0.2) is 24.3 Å². The van der Waals surface area contributed by atoms with E-state index in [1.807, 2.05) is 22.6 Å². The Balaban J connectivity index is 2.26. The van der Waals surface area contributed by atoms with Gasteiger partial charge in [-0.2, -0.15) is 0 Å². The number of aromatic nitrogens is 1. The van der Waals surface area contributed by atoms with Crippen LogP contribution in [0.2, 0.25) is 0 Å². The molecule has 152 valence electrons. The van der Waals surface area contributed by atoms with Crippen molar-refractivity contribution < 1.29 is 29.0 Å². The molecule has 1 amide bonds. The van der Waals surface area contributed by atoms with Gasteiger partial charge in [0.15, 0.2) is 5.78 Å². The maximum absolute atomic E-state index is 14.2. The summed E-state index contributed by atoms with van der Waals surface area (Å²) in [6, 6.07) is 5.94. The van der Waals surface area contributed by atoms with Crippen LogP contribution in [0.1, 0.15) is 34.2 Å². The van der Waals surface area contributed by atoms with Crippen molar-refractivity contribution in [2.24, 2.45) is 7.05 Å². The van der Waals surface area contributed by atoms with E-state index in [1.54, 1.807) is 13.1 Å². The molecule has 2 aromatic rings. The predicted molar refractivity (Wildman–Crippen MR) is 109 cm³/mol. The van der Waals surface area contributed by atoms with Crippen LogP contribution in [-0.2, 0) is 11.9 Å². The van der Waals surface area contributed by atoms with Crippen LogP contribution in [0.5, 0.6) is 0 Å². The number of aliphatic hydroxyl groups is 2. The number of rotatable bonds is 9. The lowest BCUT2D eigenvalue weighted by atomic mass is 10.2. The Labute approximate surface area is 174 Å². The summed E-state index contributed by atoms with van der Waals surface area (Å²) in [6.07, 6.45) is -0.832. The number of hydrogen-bond acceptors (Lipinski definition) is 6. The Morgan fingerprint density at radius 1 is 1.36 bits per heavy atom. The zero-order valence-corrected chi connectivity index (χ0v) is 17.5. The maximum atomic E-state index is 14.2. The summed E-state index contributed by atoms with van der Waals surface area (Å²) in [5.74, 6) is -1.24. The number of amides is 1. The van der Waals surface area contributed by atoms with Crippen LogP contribution in [0.3, 0.4) is 0 Å². The van der Waals surface area contributed by atoms with E-state index < -0.39 is 17.8 Å². The number of carbonyl (C=O) groups excluding carboxylic acids is 2. The first-order chi connectivity index (χ1) is 13.2. The van der Waals surface area contributed by atoms with Gasteiger partial charge in [-0.05, 0) is 53.3 Å². The van der Waals surface area contributed by atoms with Crippen LogP contribution in [0.25, 0.3) is 0 Å². The predicted octanol–water partition coefficient (Wildman–Crippen LogP) is 2.12. The van der Waals surface area contributed by atoms with Gasteiger partial charge in [0, 0.05) is 24.1 Å². The van der Waals surface area contributed by atoms with E-state index >= 15 is 0 Å². The number of halogens is 2. The van der Waals surface area contributed by atoms with Gasteiger partial charge in [-0.25, -0.2) is 9.87 Å². The summed E-state index contributed by atoms with van der Waals surface area (Å²) in [5, 5.41) is 21.1. The molecule has 1 aromatic heterocycles. The van der Waals surface area contributed by atoms with E-state index in [0.717, 1.165) is 0 Å². The molecule has 0 radical (unpaired) electrons. The summed E-state index contributed by atoms with van der Waals surface area (Å²) in [5.41, 5.74) is 2.64. The topological polar surface area (TPSA) is 113 Å². The molecule has 0 unspecified atom stereocenters. The Bertz CT molecular complexity index is 871. The zero-order valence-electron chi connectivity index (χ0n) is 15.3. The fourth-order valence-corrected chi connectivity index (χ4v) is 2.93. The SMILES string of the molecule is CC(=O)c1cc(C(=O)NOC[C@H](O)CCO)c(Nc2ccc(I)cc2F)n1C. The number of nitrogens with one attached hydrogen (secondary N) is 2. The normalized spacial score (nSPS) is 11.9. The third-order valence-corrected chi connectivity index (χ3v) is 4.60. The fraction of sp³-hybridized carbons (Fsp3) is 0.333. The van der Waals surface area contributed by atoms with Gasteiger partial charge in [0.1, 0.15) is 18.2 Å². The lowest BCUT2D eigenvalue weighted by Gasteiger charge is -2.13. The molecule has 0 bridgehead atoms. The molecule has 8 nitrogen and oxygen atoms in total. The van der Waals surface area contributed by atoms with E-state index in [9.17, 15) is 19.1 Å². The number of hydrogen-bond donors (Lipinski definition) is 4. The van der Waals surface area contributed by atoms with E-state index in [-0.39, 0.29) is 48.2 Å². The molecule has 0 spiro atoms. The van der Waals surface area contributed by atoms with Gasteiger partial charge in [0.05, 0.1) is 23.0 Å². The van der Waals surface area contributed by atoms with Crippen LogP contribution in [0.4, 0.5) is 15.9 Å². The molecule has 1 heterocycles. The minimum atomic E-state index is -0.938. The summed E-state index contributed by atoms with van der Waals surface area (Å²) < 4.78 is 16.4. The molecule has 10 heteroatoms. The van der Waals surface area contributed by atoms with Crippen LogP contribution < -0.4 is 10.8 Å². The second-order valence-electron chi connectivity index (χ2n) is 6.06. The average molecular weight is 505 g/mol. The Morgan fingerprint density at radius 3 is 2.68 bits per heavy atom. The van der Waals surface area contributed by atoms with Crippen LogP contribution in [0, 0.1) is 9.39 Å². The molecule has 0 saturated heterocycles. The highest BCUT2D eigenvalue weighted by atomic mass is 127. The molecule has 1 aromatic carbocycles. The van der Waals surface area contributed by atoms with E-state index in [0.29, 0.717) is 3.57 Å². The molecular weight excluding hydrogens is 484 g/mol. The number of benzene rings is 1. The van der Waals surface area contributed by atoms with Crippen molar-refractivity contribution in [1.82, 2.24) is 10.0 Å². The molecule has 0 aliphatic rings. The Hall–Kier alpha value is -2.02. The first-order valence-corrected chi connectivity index (χ1v) is 9.46. The minimum Gasteiger partial charge on any atom is -0.396 e. The van der Waals surface area contributed by atoms with E-state index in [2.05, 4.69) is 10.8 Å². The molecule has 0 aliphatic carbocycles. The summed E-state index contributed by atoms with van der Waals surface area (Å²) >= 11 is 1.98. The summed E-state index contributed by atoms with van der Waals surface area (Å²) in [6.45, 7) is 0.927. The fourth-order valence-electron chi connectivity index (χ4n) is 2.47. The van der Waals surface area contributed by atoms with Gasteiger partial charge in [0.2, 0.25) is 0 Å². The number of hydroxylamine groups is 1. The molecule has 0 aliphatic heterocycles. The highest BCUT2D eigenvalue weighted by Crippen LogP contribution is 2.27. The highest BCUT2D eigenvalue weighted by molar-refractivity contribution is 14.1. The Kier molecular flexibility index (Phi) is 7.92. The van der Waals surface area contributed by atoms with Gasteiger partial charge in [-0.1, -0.05) is 0 Å².